The molecule has 1 fully saturated rings. The van der Waals surface area contributed by atoms with E-state index in [0.717, 1.165) is 25.7 Å². The average molecular weight is 369 g/mol. The molecule has 6 nitrogen and oxygen atoms in total. The van der Waals surface area contributed by atoms with Crippen LogP contribution in [0.3, 0.4) is 0 Å². The van der Waals surface area contributed by atoms with Gasteiger partial charge in [0.1, 0.15) is 6.10 Å². The van der Waals surface area contributed by atoms with Gasteiger partial charge in [-0.15, -0.1) is 0 Å². The molecule has 2 aliphatic carbocycles. The van der Waals surface area contributed by atoms with E-state index in [-0.39, 0.29) is 41.5 Å². The maximum absolute atomic E-state index is 13.1. The van der Waals surface area contributed by atoms with Gasteiger partial charge in [0.05, 0.1) is 11.7 Å². The molecular weight excluding hydrogens is 346 g/mol. The largest absolute Gasteiger partial charge is 0.345 e. The molecule has 3 aliphatic rings. The summed E-state index contributed by atoms with van der Waals surface area (Å²) in [6.45, 7) is 1.43. The Labute approximate surface area is 157 Å². The number of benzene rings is 1. The molecule has 1 heterocycles. The van der Waals surface area contributed by atoms with Crippen LogP contribution < -0.4 is 5.73 Å². The van der Waals surface area contributed by atoms with Crippen LogP contribution >= 0.6 is 0 Å². The van der Waals surface area contributed by atoms with Gasteiger partial charge >= 0.3 is 0 Å². The van der Waals surface area contributed by atoms with E-state index in [0.29, 0.717) is 16.7 Å². The van der Waals surface area contributed by atoms with Crippen LogP contribution in [0.2, 0.25) is 0 Å². The number of ether oxygens (including phenoxy) is 2. The SMILES string of the molecule is CC(=O)C1CC2=C(C(=O)c3ccccc3C2=O)C(OC2CCC(N)CC2)O1. The summed E-state index contributed by atoms with van der Waals surface area (Å²) < 4.78 is 12.0. The van der Waals surface area contributed by atoms with Gasteiger partial charge in [0, 0.05) is 29.2 Å². The lowest BCUT2D eigenvalue weighted by Crippen LogP contribution is -2.44. The summed E-state index contributed by atoms with van der Waals surface area (Å²) in [6, 6.07) is 6.93. The molecule has 1 aromatic carbocycles. The zero-order valence-electron chi connectivity index (χ0n) is 15.3. The van der Waals surface area contributed by atoms with Crippen molar-refractivity contribution in [2.24, 2.45) is 5.73 Å². The van der Waals surface area contributed by atoms with E-state index >= 15 is 0 Å². The third kappa shape index (κ3) is 3.29. The first-order valence-electron chi connectivity index (χ1n) is 9.44. The van der Waals surface area contributed by atoms with Crippen molar-refractivity contribution in [1.29, 1.82) is 0 Å². The molecule has 1 aromatic rings. The highest BCUT2D eigenvalue weighted by Gasteiger charge is 2.43. The quantitative estimate of drug-likeness (QED) is 0.879. The number of fused-ring (bicyclic) bond motifs is 1. The summed E-state index contributed by atoms with van der Waals surface area (Å²) in [7, 11) is 0. The molecule has 2 atom stereocenters. The maximum atomic E-state index is 13.1. The number of carbonyl (C=O) groups excluding carboxylic acids is 3. The first kappa shape index (κ1) is 18.2. The lowest BCUT2D eigenvalue weighted by atomic mass is 9.80. The van der Waals surface area contributed by atoms with Crippen molar-refractivity contribution in [2.75, 3.05) is 0 Å². The normalized spacial score (nSPS) is 30.7. The molecule has 1 aliphatic heterocycles. The molecule has 2 unspecified atom stereocenters. The molecule has 0 bridgehead atoms. The Balaban J connectivity index is 1.69. The predicted molar refractivity (Wildman–Crippen MR) is 97.4 cm³/mol. The number of carbonyl (C=O) groups is 3. The van der Waals surface area contributed by atoms with E-state index in [1.807, 2.05) is 0 Å². The molecule has 0 saturated heterocycles. The monoisotopic (exact) mass is 369 g/mol. The van der Waals surface area contributed by atoms with E-state index in [9.17, 15) is 14.4 Å². The van der Waals surface area contributed by atoms with Crippen molar-refractivity contribution in [3.8, 4) is 0 Å². The van der Waals surface area contributed by atoms with Crippen molar-refractivity contribution >= 4 is 17.3 Å². The number of Topliss-reactive ketones (excluding diaryl/α,β-unsaturated/α-hetero) is 3. The topological polar surface area (TPSA) is 95.7 Å². The van der Waals surface area contributed by atoms with Crippen molar-refractivity contribution in [2.45, 2.75) is 63.6 Å². The molecular formula is C21H23NO5. The van der Waals surface area contributed by atoms with Crippen LogP contribution in [0.15, 0.2) is 35.4 Å². The average Bonchev–Trinajstić information content (AvgIpc) is 2.67. The highest BCUT2D eigenvalue weighted by molar-refractivity contribution is 6.27. The standard InChI is InChI=1S/C21H23NO5/c1-11(23)17-10-16-18(20(25)15-5-3-2-4-14(15)19(16)24)21(27-17)26-13-8-6-12(22)7-9-13/h2-5,12-13,17,21H,6-10,22H2,1H3. The maximum Gasteiger partial charge on any atom is 0.195 e. The highest BCUT2D eigenvalue weighted by atomic mass is 16.7. The summed E-state index contributed by atoms with van der Waals surface area (Å²) in [4.78, 5) is 38.1. The van der Waals surface area contributed by atoms with Gasteiger partial charge in [-0.25, -0.2) is 0 Å². The van der Waals surface area contributed by atoms with Gasteiger partial charge in [-0.2, -0.15) is 0 Å². The van der Waals surface area contributed by atoms with E-state index in [4.69, 9.17) is 15.2 Å². The molecule has 0 radical (unpaired) electrons. The van der Waals surface area contributed by atoms with Crippen LogP contribution in [0, 0.1) is 0 Å². The lowest BCUT2D eigenvalue weighted by Gasteiger charge is -2.37. The Bertz CT molecular complexity index is 835. The summed E-state index contributed by atoms with van der Waals surface area (Å²) in [5, 5.41) is 0. The molecule has 0 aromatic heterocycles. The van der Waals surface area contributed by atoms with Gasteiger partial charge in [0.2, 0.25) is 0 Å². The number of ketones is 3. The molecule has 1 saturated carbocycles. The Morgan fingerprint density at radius 2 is 1.70 bits per heavy atom. The van der Waals surface area contributed by atoms with Crippen LogP contribution in [0.1, 0.15) is 59.7 Å². The van der Waals surface area contributed by atoms with Gasteiger partial charge < -0.3 is 15.2 Å². The molecule has 2 N–H and O–H groups in total. The van der Waals surface area contributed by atoms with Crippen LogP contribution in [0.25, 0.3) is 0 Å². The van der Waals surface area contributed by atoms with Crippen LogP contribution in [0.5, 0.6) is 0 Å². The van der Waals surface area contributed by atoms with Crippen molar-refractivity contribution in [1.82, 2.24) is 0 Å². The van der Waals surface area contributed by atoms with E-state index in [1.165, 1.54) is 6.92 Å². The minimum Gasteiger partial charge on any atom is -0.345 e. The second-order valence-corrected chi connectivity index (χ2v) is 7.54. The molecule has 0 spiro atoms. The van der Waals surface area contributed by atoms with Gasteiger partial charge in [0.25, 0.3) is 0 Å². The first-order chi connectivity index (χ1) is 13.0. The molecule has 6 heteroatoms. The number of nitrogens with two attached hydrogens (primary N) is 1. The Morgan fingerprint density at radius 3 is 2.33 bits per heavy atom. The van der Waals surface area contributed by atoms with E-state index in [1.54, 1.807) is 24.3 Å². The minimum atomic E-state index is -0.994. The fourth-order valence-corrected chi connectivity index (χ4v) is 4.09. The molecule has 27 heavy (non-hydrogen) atoms. The number of rotatable bonds is 3. The van der Waals surface area contributed by atoms with E-state index in [2.05, 4.69) is 0 Å². The number of hydrogen-bond acceptors (Lipinski definition) is 6. The van der Waals surface area contributed by atoms with Gasteiger partial charge in [-0.05, 0) is 32.6 Å². The third-order valence-electron chi connectivity index (χ3n) is 5.66. The van der Waals surface area contributed by atoms with Crippen molar-refractivity contribution in [3.05, 3.63) is 46.5 Å². The fourth-order valence-electron chi connectivity index (χ4n) is 4.09. The van der Waals surface area contributed by atoms with Crippen LogP contribution in [-0.4, -0.2) is 41.9 Å². The Hall–Kier alpha value is -2.15. The summed E-state index contributed by atoms with van der Waals surface area (Å²) in [6.07, 6.45) is 1.46. The summed E-state index contributed by atoms with van der Waals surface area (Å²) in [5.74, 6) is -0.645. The Morgan fingerprint density at radius 1 is 1.07 bits per heavy atom. The second kappa shape index (κ2) is 7.11. The summed E-state index contributed by atoms with van der Waals surface area (Å²) >= 11 is 0. The smallest absolute Gasteiger partial charge is 0.195 e. The predicted octanol–water partition coefficient (Wildman–Crippen LogP) is 2.35. The molecule has 4 rings (SSSR count). The van der Waals surface area contributed by atoms with Gasteiger partial charge in [-0.1, -0.05) is 24.3 Å². The molecule has 142 valence electrons. The van der Waals surface area contributed by atoms with Crippen molar-refractivity contribution < 1.29 is 23.9 Å². The lowest BCUT2D eigenvalue weighted by molar-refractivity contribution is -0.187. The zero-order valence-corrected chi connectivity index (χ0v) is 15.3. The van der Waals surface area contributed by atoms with Gasteiger partial charge in [-0.3, -0.25) is 14.4 Å². The Kier molecular flexibility index (Phi) is 4.80. The second-order valence-electron chi connectivity index (χ2n) is 7.54. The van der Waals surface area contributed by atoms with Crippen LogP contribution in [0.4, 0.5) is 0 Å². The van der Waals surface area contributed by atoms with Gasteiger partial charge in [0.15, 0.2) is 23.6 Å². The zero-order chi connectivity index (χ0) is 19.1. The number of hydrogen-bond donors (Lipinski definition) is 1. The third-order valence-corrected chi connectivity index (χ3v) is 5.66. The fraction of sp³-hybridized carbons (Fsp3) is 0.476. The first-order valence-corrected chi connectivity index (χ1v) is 9.44. The van der Waals surface area contributed by atoms with Crippen LogP contribution in [-0.2, 0) is 14.3 Å². The highest BCUT2D eigenvalue weighted by Crippen LogP contribution is 2.37. The van der Waals surface area contributed by atoms with Crippen molar-refractivity contribution in [3.63, 3.8) is 0 Å². The molecule has 0 amide bonds. The minimum absolute atomic E-state index is 0.102. The summed E-state index contributed by atoms with van der Waals surface area (Å²) in [5.41, 5.74) is 7.31. The van der Waals surface area contributed by atoms with E-state index < -0.39 is 12.4 Å².